The molecule has 0 aromatic carbocycles. The van der Waals surface area contributed by atoms with Crippen LogP contribution >= 0.6 is 0 Å². The molecule has 0 aliphatic heterocycles. The summed E-state index contributed by atoms with van der Waals surface area (Å²) < 4.78 is 42.1. The Balaban J connectivity index is 3.49. The van der Waals surface area contributed by atoms with Crippen molar-refractivity contribution in [2.45, 2.75) is 129 Å². The highest BCUT2D eigenvalue weighted by Crippen LogP contribution is 2.16. The lowest BCUT2D eigenvalue weighted by molar-refractivity contribution is 0.270. The Hall–Kier alpha value is -0.160. The second-order valence-electron chi connectivity index (χ2n) is 7.46. The van der Waals surface area contributed by atoms with E-state index in [4.69, 9.17) is 4.18 Å². The highest BCUT2D eigenvalue weighted by atomic mass is 32.2. The third-order valence-electron chi connectivity index (χ3n) is 4.84. The Morgan fingerprint density at radius 3 is 1.50 bits per heavy atom. The van der Waals surface area contributed by atoms with E-state index in [1.165, 1.54) is 51.4 Å². The molecule has 0 rings (SSSR count). The number of unbranched alkanes of at least 4 members (excludes halogenated alkanes) is 14. The predicted octanol–water partition coefficient (Wildman–Crippen LogP) is 7.30. The lowest BCUT2D eigenvalue weighted by Gasteiger charge is -2.10. The number of halogens is 1. The Morgan fingerprint density at radius 2 is 1.04 bits per heavy atom. The fourth-order valence-electron chi connectivity index (χ4n) is 3.07. The van der Waals surface area contributed by atoms with Crippen LogP contribution in [0.5, 0.6) is 0 Å². The lowest BCUT2D eigenvalue weighted by atomic mass is 10.1. The van der Waals surface area contributed by atoms with Crippen molar-refractivity contribution in [2.24, 2.45) is 0 Å². The Labute approximate surface area is 162 Å². The molecule has 1 unspecified atom stereocenters. The first-order chi connectivity index (χ1) is 12.5. The van der Waals surface area contributed by atoms with Crippen LogP contribution in [0.4, 0.5) is 4.39 Å². The summed E-state index contributed by atoms with van der Waals surface area (Å²) in [6.07, 6.45) is 18.1. The number of hydrogen-bond donors (Lipinski definition) is 0. The van der Waals surface area contributed by atoms with E-state index in [1.807, 2.05) is 0 Å². The van der Waals surface area contributed by atoms with Crippen LogP contribution in [-0.2, 0) is 14.3 Å². The molecule has 0 heterocycles. The topological polar surface area (TPSA) is 43.4 Å². The minimum atomic E-state index is -4.03. The van der Waals surface area contributed by atoms with Crippen LogP contribution in [0.2, 0.25) is 0 Å². The third kappa shape index (κ3) is 16.0. The molecule has 0 aromatic rings. The average molecular weight is 395 g/mol. The van der Waals surface area contributed by atoms with Crippen molar-refractivity contribution >= 4 is 10.1 Å². The molecule has 0 N–H and O–H groups in total. The Kier molecular flexibility index (Phi) is 18.1. The molecule has 0 aliphatic carbocycles. The van der Waals surface area contributed by atoms with Crippen LogP contribution in [0.3, 0.4) is 0 Å². The van der Waals surface area contributed by atoms with Crippen molar-refractivity contribution in [1.82, 2.24) is 0 Å². The monoisotopic (exact) mass is 394 g/mol. The maximum absolute atomic E-state index is 13.8. The highest BCUT2D eigenvalue weighted by molar-refractivity contribution is 7.87. The van der Waals surface area contributed by atoms with Crippen molar-refractivity contribution in [3.63, 3.8) is 0 Å². The molecule has 158 valence electrons. The van der Waals surface area contributed by atoms with E-state index in [-0.39, 0.29) is 13.0 Å². The molecule has 5 heteroatoms. The summed E-state index contributed by atoms with van der Waals surface area (Å²) in [5, 5.41) is 0. The van der Waals surface area contributed by atoms with Crippen molar-refractivity contribution in [2.75, 3.05) is 6.61 Å². The lowest BCUT2D eigenvalue weighted by Crippen LogP contribution is -2.19. The van der Waals surface area contributed by atoms with Gasteiger partial charge in [-0.3, -0.25) is 4.18 Å². The normalized spacial score (nSPS) is 13.2. The SMILES string of the molecule is CCCCCCCCCCCCCOS(=O)(=O)C(F)CCCCCCC. The van der Waals surface area contributed by atoms with Gasteiger partial charge in [-0.1, -0.05) is 104 Å². The molecule has 0 amide bonds. The van der Waals surface area contributed by atoms with Crippen molar-refractivity contribution in [1.29, 1.82) is 0 Å². The van der Waals surface area contributed by atoms with Crippen LogP contribution in [-0.4, -0.2) is 20.5 Å². The largest absolute Gasteiger partial charge is 0.299 e. The van der Waals surface area contributed by atoms with Crippen LogP contribution in [0.25, 0.3) is 0 Å². The first-order valence-corrected chi connectivity index (χ1v) is 12.5. The fraction of sp³-hybridized carbons (Fsp3) is 1.00. The molecule has 26 heavy (non-hydrogen) atoms. The Bertz CT molecular complexity index is 385. The van der Waals surface area contributed by atoms with E-state index in [9.17, 15) is 12.8 Å². The average Bonchev–Trinajstić information content (AvgIpc) is 2.62. The first kappa shape index (κ1) is 25.8. The maximum atomic E-state index is 13.8. The standard InChI is InChI=1S/C21H43FO3S/c1-3-5-7-9-10-11-12-13-14-16-18-20-25-26(23,24)21(22)19-17-15-8-6-4-2/h21H,3-20H2,1-2H3. The summed E-state index contributed by atoms with van der Waals surface area (Å²) in [5.74, 6) is 0. The quantitative estimate of drug-likeness (QED) is 0.161. The van der Waals surface area contributed by atoms with Gasteiger partial charge in [0.1, 0.15) is 0 Å². The zero-order valence-corrected chi connectivity index (χ0v) is 18.1. The van der Waals surface area contributed by atoms with Gasteiger partial charge in [0.15, 0.2) is 0 Å². The van der Waals surface area contributed by atoms with Crippen LogP contribution < -0.4 is 0 Å². The summed E-state index contributed by atoms with van der Waals surface area (Å²) >= 11 is 0. The molecule has 0 aromatic heterocycles. The summed E-state index contributed by atoms with van der Waals surface area (Å²) in [6.45, 7) is 4.47. The van der Waals surface area contributed by atoms with Gasteiger partial charge in [-0.15, -0.1) is 0 Å². The molecule has 0 bridgehead atoms. The van der Waals surface area contributed by atoms with E-state index < -0.39 is 15.6 Å². The van der Waals surface area contributed by atoms with Crippen LogP contribution in [0.15, 0.2) is 0 Å². The molecule has 1 atom stereocenters. The number of alkyl halides is 1. The van der Waals surface area contributed by atoms with E-state index in [0.717, 1.165) is 38.5 Å². The van der Waals surface area contributed by atoms with Crippen molar-refractivity contribution in [3.05, 3.63) is 0 Å². The Morgan fingerprint density at radius 1 is 0.654 bits per heavy atom. The number of rotatable bonds is 20. The van der Waals surface area contributed by atoms with Gasteiger partial charge in [-0.05, 0) is 19.3 Å². The van der Waals surface area contributed by atoms with Gasteiger partial charge in [-0.25, -0.2) is 4.39 Å². The first-order valence-electron chi connectivity index (χ1n) is 11.1. The molecule has 0 fully saturated rings. The third-order valence-corrected chi connectivity index (χ3v) is 6.20. The van der Waals surface area contributed by atoms with E-state index in [0.29, 0.717) is 12.8 Å². The van der Waals surface area contributed by atoms with Gasteiger partial charge in [0.05, 0.1) is 6.61 Å². The van der Waals surface area contributed by atoms with Gasteiger partial charge in [0, 0.05) is 0 Å². The minimum absolute atomic E-state index is 0.0598. The molecular weight excluding hydrogens is 351 g/mol. The number of hydrogen-bond acceptors (Lipinski definition) is 3. The molecule has 0 spiro atoms. The van der Waals surface area contributed by atoms with Crippen molar-refractivity contribution < 1.29 is 17.0 Å². The predicted molar refractivity (Wildman–Crippen MR) is 110 cm³/mol. The molecule has 3 nitrogen and oxygen atoms in total. The molecule has 0 saturated carbocycles. The summed E-state index contributed by atoms with van der Waals surface area (Å²) in [7, 11) is -4.03. The van der Waals surface area contributed by atoms with Gasteiger partial charge in [-0.2, -0.15) is 8.42 Å². The van der Waals surface area contributed by atoms with Crippen molar-refractivity contribution in [3.8, 4) is 0 Å². The summed E-state index contributed by atoms with van der Waals surface area (Å²) in [5.41, 5.74) is -1.86. The van der Waals surface area contributed by atoms with Crippen LogP contribution in [0.1, 0.15) is 123 Å². The summed E-state index contributed by atoms with van der Waals surface area (Å²) in [6, 6.07) is 0. The zero-order valence-electron chi connectivity index (χ0n) is 17.3. The van der Waals surface area contributed by atoms with E-state index in [1.54, 1.807) is 0 Å². The molecule has 0 saturated heterocycles. The van der Waals surface area contributed by atoms with Gasteiger partial charge in [0.25, 0.3) is 10.1 Å². The van der Waals surface area contributed by atoms with E-state index >= 15 is 0 Å². The molecular formula is C21H43FO3S. The maximum Gasteiger partial charge on any atom is 0.299 e. The second-order valence-corrected chi connectivity index (χ2v) is 9.20. The van der Waals surface area contributed by atoms with E-state index in [2.05, 4.69) is 13.8 Å². The molecule has 0 radical (unpaired) electrons. The highest BCUT2D eigenvalue weighted by Gasteiger charge is 2.25. The zero-order chi connectivity index (χ0) is 19.5. The van der Waals surface area contributed by atoms with Gasteiger partial charge < -0.3 is 0 Å². The van der Waals surface area contributed by atoms with Gasteiger partial charge in [0.2, 0.25) is 5.50 Å². The second kappa shape index (κ2) is 18.2. The summed E-state index contributed by atoms with van der Waals surface area (Å²) in [4.78, 5) is 0. The van der Waals surface area contributed by atoms with Gasteiger partial charge >= 0.3 is 0 Å². The minimum Gasteiger partial charge on any atom is -0.268 e. The fourth-order valence-corrected chi connectivity index (χ4v) is 4.02. The smallest absolute Gasteiger partial charge is 0.268 e. The molecule has 0 aliphatic rings. The van der Waals surface area contributed by atoms with Crippen LogP contribution in [0, 0.1) is 0 Å².